The van der Waals surface area contributed by atoms with Crippen molar-refractivity contribution >= 4 is 17.6 Å². The number of aromatic amines is 2. The molecule has 0 spiro atoms. The van der Waals surface area contributed by atoms with Crippen LogP contribution in [0, 0.1) is 6.92 Å². The monoisotopic (exact) mass is 416 g/mol. The van der Waals surface area contributed by atoms with Gasteiger partial charge in [0.2, 0.25) is 5.91 Å². The van der Waals surface area contributed by atoms with Gasteiger partial charge in [0.25, 0.3) is 0 Å². The normalized spacial score (nSPS) is 17.3. The molecule has 1 aliphatic heterocycles. The summed E-state index contributed by atoms with van der Waals surface area (Å²) in [5.41, 5.74) is 4.20. The van der Waals surface area contributed by atoms with Gasteiger partial charge in [0.05, 0.1) is 29.5 Å². The van der Waals surface area contributed by atoms with E-state index in [4.69, 9.17) is 9.90 Å². The molecule has 1 amide bonds. The molecule has 0 saturated carbocycles. The van der Waals surface area contributed by atoms with Crippen LogP contribution in [-0.2, 0) is 16.1 Å². The number of amides is 1. The van der Waals surface area contributed by atoms with Gasteiger partial charge in [-0.25, -0.2) is 4.79 Å². The van der Waals surface area contributed by atoms with Crippen molar-refractivity contribution in [3.8, 4) is 0 Å². The number of hydrogen-bond acceptors (Lipinski definition) is 5. The van der Waals surface area contributed by atoms with Gasteiger partial charge in [-0.3, -0.25) is 19.9 Å². The Hall–Kier alpha value is -2.89. The van der Waals surface area contributed by atoms with Gasteiger partial charge in [-0.2, -0.15) is 23.4 Å². The number of nitrogens with one attached hydrogen (secondary N) is 3. The number of nitrogens with zero attached hydrogens (tertiary/aromatic N) is 3. The van der Waals surface area contributed by atoms with Gasteiger partial charge in [0, 0.05) is 25.9 Å². The van der Waals surface area contributed by atoms with E-state index in [9.17, 15) is 18.0 Å². The van der Waals surface area contributed by atoms with Crippen molar-refractivity contribution in [3.63, 3.8) is 0 Å². The Morgan fingerprint density at radius 1 is 1.31 bits per heavy atom. The average Bonchev–Trinajstić information content (AvgIpc) is 3.24. The Labute approximate surface area is 164 Å². The molecule has 160 valence electrons. The number of carbonyl (C=O) groups is 2. The number of alkyl halides is 3. The Balaban J connectivity index is 0.000000370. The van der Waals surface area contributed by atoms with Crippen LogP contribution >= 0.6 is 0 Å². The van der Waals surface area contributed by atoms with Gasteiger partial charge in [-0.15, -0.1) is 0 Å². The van der Waals surface area contributed by atoms with E-state index in [1.54, 1.807) is 6.20 Å². The van der Waals surface area contributed by atoms with Crippen LogP contribution in [0.25, 0.3) is 0 Å². The predicted octanol–water partition coefficient (Wildman–Crippen LogP) is 2.41. The number of rotatable bonds is 4. The summed E-state index contributed by atoms with van der Waals surface area (Å²) in [6.45, 7) is 6.51. The average molecular weight is 416 g/mol. The van der Waals surface area contributed by atoms with E-state index in [0.29, 0.717) is 5.92 Å². The molecular formula is C17H23F3N6O3. The van der Waals surface area contributed by atoms with E-state index in [1.165, 1.54) is 18.2 Å². The molecule has 1 unspecified atom stereocenters. The number of H-pyrrole nitrogens is 2. The Morgan fingerprint density at radius 3 is 2.52 bits per heavy atom. The molecule has 2 aromatic heterocycles. The maximum absolute atomic E-state index is 11.3. The maximum Gasteiger partial charge on any atom is 0.490 e. The summed E-state index contributed by atoms with van der Waals surface area (Å²) < 4.78 is 31.7. The van der Waals surface area contributed by atoms with Crippen LogP contribution in [0.2, 0.25) is 0 Å². The topological polar surface area (TPSA) is 127 Å². The zero-order chi connectivity index (χ0) is 21.6. The third-order valence-electron chi connectivity index (χ3n) is 4.45. The lowest BCUT2D eigenvalue weighted by atomic mass is 9.94. The second kappa shape index (κ2) is 9.54. The Kier molecular flexibility index (Phi) is 7.37. The predicted molar refractivity (Wildman–Crippen MR) is 97.2 cm³/mol. The zero-order valence-corrected chi connectivity index (χ0v) is 16.0. The number of carboxylic acids is 1. The lowest BCUT2D eigenvalue weighted by Gasteiger charge is -2.32. The molecule has 2 aromatic rings. The van der Waals surface area contributed by atoms with E-state index in [1.807, 2.05) is 6.20 Å². The third-order valence-corrected chi connectivity index (χ3v) is 4.45. The van der Waals surface area contributed by atoms with Gasteiger partial charge < -0.3 is 10.4 Å². The Morgan fingerprint density at radius 2 is 1.97 bits per heavy atom. The smallest absolute Gasteiger partial charge is 0.475 e. The first-order valence-corrected chi connectivity index (χ1v) is 8.90. The summed E-state index contributed by atoms with van der Waals surface area (Å²) in [6, 6.07) is 0. The number of carbonyl (C=O) groups excluding carboxylic acids is 1. The van der Waals surface area contributed by atoms with Crippen molar-refractivity contribution in [1.29, 1.82) is 0 Å². The SMILES string of the molecule is CC(=O)Nc1cn[nH]c1C1CCCN(Cc2[nH]ncc2C)C1.O=C(O)C(F)(F)F. The van der Waals surface area contributed by atoms with E-state index in [0.717, 1.165) is 43.9 Å². The van der Waals surface area contributed by atoms with Crippen LogP contribution in [0.3, 0.4) is 0 Å². The summed E-state index contributed by atoms with van der Waals surface area (Å²) in [4.78, 5) is 22.6. The van der Waals surface area contributed by atoms with E-state index >= 15 is 0 Å². The number of carboxylic acid groups (broad SMARTS) is 1. The van der Waals surface area contributed by atoms with Gasteiger partial charge >= 0.3 is 12.1 Å². The van der Waals surface area contributed by atoms with Crippen molar-refractivity contribution < 1.29 is 27.9 Å². The molecule has 1 fully saturated rings. The van der Waals surface area contributed by atoms with Crippen LogP contribution in [0.15, 0.2) is 12.4 Å². The van der Waals surface area contributed by atoms with Crippen molar-refractivity contribution in [2.45, 2.75) is 45.3 Å². The number of aromatic nitrogens is 4. The number of piperidine rings is 1. The van der Waals surface area contributed by atoms with Crippen LogP contribution in [0.4, 0.5) is 18.9 Å². The minimum Gasteiger partial charge on any atom is -0.475 e. The third kappa shape index (κ3) is 6.59. The molecule has 3 heterocycles. The largest absolute Gasteiger partial charge is 0.490 e. The molecule has 0 bridgehead atoms. The minimum absolute atomic E-state index is 0.0663. The molecular weight excluding hydrogens is 393 g/mol. The van der Waals surface area contributed by atoms with Crippen LogP contribution in [0.5, 0.6) is 0 Å². The highest BCUT2D eigenvalue weighted by atomic mass is 19.4. The fraction of sp³-hybridized carbons (Fsp3) is 0.529. The summed E-state index contributed by atoms with van der Waals surface area (Å²) in [5.74, 6) is -2.46. The molecule has 1 saturated heterocycles. The van der Waals surface area contributed by atoms with Crippen molar-refractivity contribution in [3.05, 3.63) is 29.3 Å². The number of aliphatic carboxylic acids is 1. The Bertz CT molecular complexity index is 832. The molecule has 3 rings (SSSR count). The minimum atomic E-state index is -5.08. The molecule has 0 radical (unpaired) electrons. The number of halogens is 3. The van der Waals surface area contributed by atoms with Crippen LogP contribution in [0.1, 0.15) is 42.6 Å². The number of aryl methyl sites for hydroxylation is 1. The molecule has 12 heteroatoms. The molecule has 29 heavy (non-hydrogen) atoms. The lowest BCUT2D eigenvalue weighted by Crippen LogP contribution is -2.34. The number of hydrogen-bond donors (Lipinski definition) is 4. The van der Waals surface area contributed by atoms with Crippen LogP contribution < -0.4 is 5.32 Å². The standard InChI is InChI=1S/C15H22N6O.C2HF3O2/c1-10-6-16-19-14(10)9-21-5-3-4-12(8-21)15-13(7-17-20-15)18-11(2)22;3-2(4,5)1(6)7/h6-7,12H,3-5,8-9H2,1-2H3,(H,16,19)(H,17,20)(H,18,22);(H,6,7). The van der Waals surface area contributed by atoms with Crippen molar-refractivity contribution in [1.82, 2.24) is 25.3 Å². The first kappa shape index (κ1) is 22.4. The highest BCUT2D eigenvalue weighted by molar-refractivity contribution is 5.89. The fourth-order valence-corrected chi connectivity index (χ4v) is 3.09. The quantitative estimate of drug-likeness (QED) is 0.606. The maximum atomic E-state index is 11.3. The van der Waals surface area contributed by atoms with E-state index in [2.05, 4.69) is 37.5 Å². The lowest BCUT2D eigenvalue weighted by molar-refractivity contribution is -0.192. The highest BCUT2D eigenvalue weighted by Gasteiger charge is 2.38. The zero-order valence-electron chi connectivity index (χ0n) is 16.0. The highest BCUT2D eigenvalue weighted by Crippen LogP contribution is 2.30. The molecule has 0 aliphatic carbocycles. The molecule has 9 nitrogen and oxygen atoms in total. The number of likely N-dealkylation sites (tertiary alicyclic amines) is 1. The van der Waals surface area contributed by atoms with Gasteiger partial charge in [0.15, 0.2) is 0 Å². The molecule has 1 aliphatic rings. The van der Waals surface area contributed by atoms with Crippen LogP contribution in [-0.4, -0.2) is 61.5 Å². The van der Waals surface area contributed by atoms with Crippen molar-refractivity contribution in [2.24, 2.45) is 0 Å². The summed E-state index contributed by atoms with van der Waals surface area (Å²) in [5, 5.41) is 24.3. The van der Waals surface area contributed by atoms with E-state index < -0.39 is 12.1 Å². The first-order chi connectivity index (χ1) is 13.6. The van der Waals surface area contributed by atoms with Gasteiger partial charge in [0.1, 0.15) is 0 Å². The summed E-state index contributed by atoms with van der Waals surface area (Å²) in [6.07, 6.45) is 0.707. The number of anilines is 1. The summed E-state index contributed by atoms with van der Waals surface area (Å²) >= 11 is 0. The molecule has 4 N–H and O–H groups in total. The fourth-order valence-electron chi connectivity index (χ4n) is 3.09. The molecule has 0 aromatic carbocycles. The van der Waals surface area contributed by atoms with E-state index in [-0.39, 0.29) is 5.91 Å². The first-order valence-electron chi connectivity index (χ1n) is 8.90. The second-order valence-corrected chi connectivity index (χ2v) is 6.79. The van der Waals surface area contributed by atoms with Gasteiger partial charge in [-0.1, -0.05) is 0 Å². The van der Waals surface area contributed by atoms with Crippen molar-refractivity contribution in [2.75, 3.05) is 18.4 Å². The molecule has 1 atom stereocenters. The second-order valence-electron chi connectivity index (χ2n) is 6.79. The van der Waals surface area contributed by atoms with Gasteiger partial charge in [-0.05, 0) is 31.9 Å². The summed E-state index contributed by atoms with van der Waals surface area (Å²) in [7, 11) is 0.